The number of carbonyl (C=O) groups excluding carboxylic acids is 1. The Kier molecular flexibility index (Phi) is 15.8. The van der Waals surface area contributed by atoms with Crippen LogP contribution in [-0.4, -0.2) is 25.3 Å². The van der Waals surface area contributed by atoms with E-state index < -0.39 is 0 Å². The number of ether oxygens (including phenoxy) is 1. The molecule has 0 bridgehead atoms. The summed E-state index contributed by atoms with van der Waals surface area (Å²) in [4.78, 5) is 9.13. The summed E-state index contributed by atoms with van der Waals surface area (Å²) in [5, 5.41) is 0.451. The van der Waals surface area contributed by atoms with E-state index in [1.807, 2.05) is 6.08 Å². The van der Waals surface area contributed by atoms with Gasteiger partial charge < -0.3 is 9.53 Å². The highest BCUT2D eigenvalue weighted by Crippen LogP contribution is 1.94. The number of rotatable bonds is 5. The highest BCUT2D eigenvalue weighted by atomic mass is 79.9. The van der Waals surface area contributed by atoms with Gasteiger partial charge in [0.1, 0.15) is 6.29 Å². The van der Waals surface area contributed by atoms with Gasteiger partial charge in [0.15, 0.2) is 0 Å². The zero-order valence-corrected chi connectivity index (χ0v) is 9.42. The van der Waals surface area contributed by atoms with E-state index in [-0.39, 0.29) is 0 Å². The van der Waals surface area contributed by atoms with Crippen molar-refractivity contribution in [1.29, 1.82) is 0 Å². The van der Waals surface area contributed by atoms with Crippen molar-refractivity contribution in [2.45, 2.75) is 0 Å². The van der Waals surface area contributed by atoms with Crippen LogP contribution in [0.5, 0.6) is 0 Å². The lowest BCUT2D eigenvalue weighted by Crippen LogP contribution is -1.89. The van der Waals surface area contributed by atoms with Crippen LogP contribution in [0.25, 0.3) is 0 Å². The molecule has 0 saturated heterocycles. The quantitative estimate of drug-likeness (QED) is 0.424. The van der Waals surface area contributed by atoms with Crippen molar-refractivity contribution < 1.29 is 9.53 Å². The average molecular weight is 247 g/mol. The molecule has 0 aromatic heterocycles. The molecule has 0 radical (unpaired) electrons. The first kappa shape index (κ1) is 14.8. The van der Waals surface area contributed by atoms with Crippen LogP contribution in [0.3, 0.4) is 0 Å². The fourth-order valence-corrected chi connectivity index (χ4v) is 0.493. The van der Waals surface area contributed by atoms with Gasteiger partial charge in [-0.05, 0) is 5.57 Å². The van der Waals surface area contributed by atoms with Crippen molar-refractivity contribution in [2.75, 3.05) is 19.0 Å². The highest BCUT2D eigenvalue weighted by molar-refractivity contribution is 9.09. The Hall–Kier alpha value is -0.670. The van der Waals surface area contributed by atoms with Crippen LogP contribution < -0.4 is 0 Å². The lowest BCUT2D eigenvalue weighted by atomic mass is 10.2. The topological polar surface area (TPSA) is 26.3 Å². The largest absolute Gasteiger partial charge is 0.380 e. The molecule has 0 rings (SSSR count). The van der Waals surface area contributed by atoms with E-state index in [1.165, 1.54) is 0 Å². The summed E-state index contributed by atoms with van der Waals surface area (Å²) < 4.78 is 4.86. The number of methoxy groups -OCH3 is 1. The Labute approximate surface area is 88.1 Å². The minimum Gasteiger partial charge on any atom is -0.380 e. The minimum atomic E-state index is 0.451. The van der Waals surface area contributed by atoms with E-state index in [1.54, 1.807) is 19.3 Å². The van der Waals surface area contributed by atoms with Gasteiger partial charge in [-0.1, -0.05) is 47.3 Å². The molecule has 0 aliphatic heterocycles. The zero-order valence-electron chi connectivity index (χ0n) is 7.83. The Balaban J connectivity index is 0. The molecule has 0 aliphatic rings. The van der Waals surface area contributed by atoms with Crippen molar-refractivity contribution in [3.63, 3.8) is 0 Å². The van der Waals surface area contributed by atoms with Crippen molar-refractivity contribution >= 4 is 22.2 Å². The Morgan fingerprint density at radius 2 is 2.08 bits per heavy atom. The molecule has 0 aromatic carbocycles. The SMILES string of the molecule is C=C/C=C(\C=C)COC.O=CCBr. The molecule has 0 amide bonds. The van der Waals surface area contributed by atoms with Crippen LogP contribution in [0.15, 0.2) is 37.0 Å². The minimum absolute atomic E-state index is 0.451. The summed E-state index contributed by atoms with van der Waals surface area (Å²) in [6, 6.07) is 0. The second-order valence-corrected chi connectivity index (χ2v) is 2.58. The number of allylic oxidation sites excluding steroid dienone is 2. The normalized spacial score (nSPS) is 9.54. The standard InChI is InChI=1S/C8H12O.C2H3BrO/c1-4-6-8(5-2)7-9-3;3-1-2-4/h4-6H,1-2,7H2,3H3;2H,1H2/b8-6+;. The first-order valence-electron chi connectivity index (χ1n) is 3.69. The van der Waals surface area contributed by atoms with Gasteiger partial charge in [-0.3, -0.25) is 0 Å². The smallest absolute Gasteiger partial charge is 0.130 e. The Bertz CT molecular complexity index is 174. The maximum atomic E-state index is 9.13. The third-order valence-corrected chi connectivity index (χ3v) is 1.23. The molecule has 0 aromatic rings. The molecule has 0 unspecified atom stereocenters. The molecule has 0 N–H and O–H groups in total. The molecule has 0 fully saturated rings. The van der Waals surface area contributed by atoms with Crippen molar-refractivity contribution in [3.05, 3.63) is 37.0 Å². The summed E-state index contributed by atoms with van der Waals surface area (Å²) in [5.41, 5.74) is 1.05. The van der Waals surface area contributed by atoms with Crippen molar-refractivity contribution in [3.8, 4) is 0 Å². The van der Waals surface area contributed by atoms with E-state index in [0.717, 1.165) is 11.9 Å². The highest BCUT2D eigenvalue weighted by Gasteiger charge is 1.84. The van der Waals surface area contributed by atoms with Gasteiger partial charge in [0, 0.05) is 7.11 Å². The third-order valence-electron chi connectivity index (χ3n) is 0.968. The zero-order chi connectivity index (χ0) is 10.5. The summed E-state index contributed by atoms with van der Waals surface area (Å²) in [6.07, 6.45) is 6.14. The molecular formula is C10H15BrO2. The number of hydrogen-bond donors (Lipinski definition) is 0. The van der Waals surface area contributed by atoms with Gasteiger partial charge in [0.05, 0.1) is 11.9 Å². The van der Waals surface area contributed by atoms with E-state index in [9.17, 15) is 0 Å². The van der Waals surface area contributed by atoms with Crippen LogP contribution in [0.4, 0.5) is 0 Å². The predicted molar refractivity (Wildman–Crippen MR) is 60.2 cm³/mol. The second-order valence-electron chi connectivity index (χ2n) is 1.94. The summed E-state index contributed by atoms with van der Waals surface area (Å²) in [6.45, 7) is 7.76. The van der Waals surface area contributed by atoms with Crippen LogP contribution in [0, 0.1) is 0 Å². The summed E-state index contributed by atoms with van der Waals surface area (Å²) in [5.74, 6) is 0. The number of halogens is 1. The number of carbonyl (C=O) groups is 1. The van der Waals surface area contributed by atoms with Crippen molar-refractivity contribution in [1.82, 2.24) is 0 Å². The molecule has 2 nitrogen and oxygen atoms in total. The molecule has 0 spiro atoms. The summed E-state index contributed by atoms with van der Waals surface area (Å²) in [7, 11) is 1.65. The number of aldehydes is 1. The molecule has 0 aliphatic carbocycles. The summed E-state index contributed by atoms with van der Waals surface area (Å²) >= 11 is 2.88. The van der Waals surface area contributed by atoms with Gasteiger partial charge in [-0.2, -0.15) is 0 Å². The predicted octanol–water partition coefficient (Wildman–Crippen LogP) is 2.51. The molecule has 74 valence electrons. The lowest BCUT2D eigenvalue weighted by Gasteiger charge is -1.95. The molecule has 0 atom stereocenters. The number of alkyl halides is 1. The second kappa shape index (κ2) is 13.9. The molecule has 3 heteroatoms. The first-order chi connectivity index (χ1) is 6.26. The van der Waals surface area contributed by atoms with Gasteiger partial charge in [-0.15, -0.1) is 0 Å². The monoisotopic (exact) mass is 246 g/mol. The van der Waals surface area contributed by atoms with Crippen LogP contribution >= 0.6 is 15.9 Å². The first-order valence-corrected chi connectivity index (χ1v) is 4.81. The number of hydrogen-bond acceptors (Lipinski definition) is 2. The van der Waals surface area contributed by atoms with Crippen molar-refractivity contribution in [2.24, 2.45) is 0 Å². The van der Waals surface area contributed by atoms with Crippen LogP contribution in [-0.2, 0) is 9.53 Å². The van der Waals surface area contributed by atoms with Gasteiger partial charge in [0.2, 0.25) is 0 Å². The molecule has 0 heterocycles. The van der Waals surface area contributed by atoms with E-state index in [0.29, 0.717) is 11.9 Å². The maximum Gasteiger partial charge on any atom is 0.130 e. The van der Waals surface area contributed by atoms with Gasteiger partial charge in [-0.25, -0.2) is 0 Å². The van der Waals surface area contributed by atoms with E-state index in [4.69, 9.17) is 9.53 Å². The van der Waals surface area contributed by atoms with Gasteiger partial charge in [0.25, 0.3) is 0 Å². The van der Waals surface area contributed by atoms with Crippen LogP contribution in [0.2, 0.25) is 0 Å². The molecule has 0 saturated carbocycles. The fourth-order valence-electron chi connectivity index (χ4n) is 0.493. The van der Waals surface area contributed by atoms with E-state index >= 15 is 0 Å². The van der Waals surface area contributed by atoms with E-state index in [2.05, 4.69) is 29.1 Å². The van der Waals surface area contributed by atoms with Crippen LogP contribution in [0.1, 0.15) is 0 Å². The molecular weight excluding hydrogens is 232 g/mol. The fraction of sp³-hybridized carbons (Fsp3) is 0.300. The Morgan fingerprint density at radius 1 is 1.54 bits per heavy atom. The third kappa shape index (κ3) is 14.2. The average Bonchev–Trinajstić information content (AvgIpc) is 2.18. The molecule has 13 heavy (non-hydrogen) atoms. The maximum absolute atomic E-state index is 9.13. The van der Waals surface area contributed by atoms with Gasteiger partial charge >= 0.3 is 0 Å². The lowest BCUT2D eigenvalue weighted by molar-refractivity contribution is -0.105. The Morgan fingerprint density at radius 3 is 2.31 bits per heavy atom.